The summed E-state index contributed by atoms with van der Waals surface area (Å²) in [5.41, 5.74) is 0. The highest BCUT2D eigenvalue weighted by molar-refractivity contribution is 8.01. The van der Waals surface area contributed by atoms with Crippen molar-refractivity contribution in [2.75, 3.05) is 19.3 Å². The maximum absolute atomic E-state index is 12.4. The van der Waals surface area contributed by atoms with E-state index in [9.17, 15) is 8.42 Å². The zero-order valence-electron chi connectivity index (χ0n) is 12.2. The van der Waals surface area contributed by atoms with Crippen LogP contribution in [0.3, 0.4) is 0 Å². The molecule has 2 N–H and O–H groups in total. The molecule has 20 heavy (non-hydrogen) atoms. The third kappa shape index (κ3) is 3.76. The predicted octanol–water partition coefficient (Wildman–Crippen LogP) is 2.34. The summed E-state index contributed by atoms with van der Waals surface area (Å²) in [5.74, 6) is 1.13. The lowest BCUT2D eigenvalue weighted by atomic mass is 10.1. The molecule has 2 heterocycles. The van der Waals surface area contributed by atoms with E-state index in [0.717, 1.165) is 21.9 Å². The smallest absolute Gasteiger partial charge is 0.241 e. The molecule has 1 saturated heterocycles. The fourth-order valence-corrected chi connectivity index (χ4v) is 6.50. The van der Waals surface area contributed by atoms with Gasteiger partial charge in [0.15, 0.2) is 0 Å². The first-order chi connectivity index (χ1) is 9.36. The number of thioether (sulfide) groups is 1. The monoisotopic (exact) mass is 334 g/mol. The fourth-order valence-electron chi connectivity index (χ4n) is 2.35. The summed E-state index contributed by atoms with van der Waals surface area (Å²) < 4.78 is 27.7. The number of nitrogens with one attached hydrogen (secondary N) is 2. The summed E-state index contributed by atoms with van der Waals surface area (Å²) in [7, 11) is -1.53. The molecule has 1 aromatic heterocycles. The molecular formula is C13H22N2O2S3. The Morgan fingerprint density at radius 3 is 2.80 bits per heavy atom. The van der Waals surface area contributed by atoms with Crippen molar-refractivity contribution >= 4 is 33.1 Å². The van der Waals surface area contributed by atoms with Gasteiger partial charge in [-0.05, 0) is 45.6 Å². The fraction of sp³-hybridized carbons (Fsp3) is 0.692. The van der Waals surface area contributed by atoms with E-state index in [1.165, 1.54) is 17.8 Å². The normalized spacial score (nSPS) is 23.4. The Kier molecular flexibility index (Phi) is 5.18. The van der Waals surface area contributed by atoms with Gasteiger partial charge in [0.25, 0.3) is 0 Å². The molecule has 2 rings (SSSR count). The minimum Gasteiger partial charge on any atom is -0.315 e. The highest BCUT2D eigenvalue weighted by atomic mass is 32.2. The van der Waals surface area contributed by atoms with Gasteiger partial charge in [-0.15, -0.1) is 11.3 Å². The number of rotatable bonds is 6. The second-order valence-corrected chi connectivity index (χ2v) is 10.1. The van der Waals surface area contributed by atoms with Crippen LogP contribution in [0.15, 0.2) is 11.0 Å². The lowest BCUT2D eigenvalue weighted by molar-refractivity contribution is 0.552. The van der Waals surface area contributed by atoms with E-state index < -0.39 is 10.0 Å². The predicted molar refractivity (Wildman–Crippen MR) is 87.1 cm³/mol. The summed E-state index contributed by atoms with van der Waals surface area (Å²) in [4.78, 5) is 2.33. The lowest BCUT2D eigenvalue weighted by Gasteiger charge is -2.22. The highest BCUT2D eigenvalue weighted by Gasteiger charge is 2.31. The van der Waals surface area contributed by atoms with Crippen molar-refractivity contribution in [2.24, 2.45) is 0 Å². The van der Waals surface area contributed by atoms with E-state index in [0.29, 0.717) is 18.0 Å². The first kappa shape index (κ1) is 16.3. The quantitative estimate of drug-likeness (QED) is 0.838. The van der Waals surface area contributed by atoms with Crippen molar-refractivity contribution in [1.29, 1.82) is 0 Å². The lowest BCUT2D eigenvalue weighted by Crippen LogP contribution is -2.36. The Morgan fingerprint density at radius 2 is 2.20 bits per heavy atom. The Labute approximate surface area is 129 Å². The Balaban J connectivity index is 2.09. The molecule has 0 radical (unpaired) electrons. The SMILES string of the molecule is CNCc1cc(S(=O)(=O)NCC2(C)CCCS2)c(C)s1. The van der Waals surface area contributed by atoms with Gasteiger partial charge in [-0.1, -0.05) is 0 Å². The van der Waals surface area contributed by atoms with Gasteiger partial charge >= 0.3 is 0 Å². The van der Waals surface area contributed by atoms with Crippen molar-refractivity contribution in [3.05, 3.63) is 15.8 Å². The van der Waals surface area contributed by atoms with Crippen molar-refractivity contribution in [3.63, 3.8) is 0 Å². The average molecular weight is 335 g/mol. The molecule has 0 bridgehead atoms. The molecule has 1 aliphatic rings. The van der Waals surface area contributed by atoms with Gasteiger partial charge in [0, 0.05) is 27.6 Å². The zero-order chi connectivity index (χ0) is 14.8. The molecule has 0 amide bonds. The number of aryl methyl sites for hydroxylation is 1. The second-order valence-electron chi connectivity index (χ2n) is 5.39. The van der Waals surface area contributed by atoms with Gasteiger partial charge < -0.3 is 5.32 Å². The van der Waals surface area contributed by atoms with E-state index in [1.54, 1.807) is 6.07 Å². The van der Waals surface area contributed by atoms with Crippen LogP contribution in [0, 0.1) is 6.92 Å². The average Bonchev–Trinajstić information content (AvgIpc) is 2.96. The van der Waals surface area contributed by atoms with Crippen molar-refractivity contribution < 1.29 is 8.42 Å². The standard InChI is InChI=1S/C13H22N2O2S3/c1-10-12(7-11(19-10)8-14-3)20(16,17)15-9-13(2)5-4-6-18-13/h7,14-15H,4-6,8-9H2,1-3H3. The van der Waals surface area contributed by atoms with Gasteiger partial charge in [0.2, 0.25) is 10.0 Å². The van der Waals surface area contributed by atoms with Crippen molar-refractivity contribution in [2.45, 2.75) is 42.9 Å². The molecule has 0 aromatic carbocycles. The van der Waals surface area contributed by atoms with Gasteiger partial charge in [0.05, 0.1) is 4.90 Å². The van der Waals surface area contributed by atoms with Gasteiger partial charge in [-0.3, -0.25) is 0 Å². The minimum atomic E-state index is -3.39. The van der Waals surface area contributed by atoms with Crippen molar-refractivity contribution in [1.82, 2.24) is 10.0 Å². The number of thiophene rings is 1. The molecular weight excluding hydrogens is 312 g/mol. The third-order valence-electron chi connectivity index (χ3n) is 3.50. The number of hydrogen-bond donors (Lipinski definition) is 2. The van der Waals surface area contributed by atoms with E-state index in [-0.39, 0.29) is 4.75 Å². The second kappa shape index (κ2) is 6.36. The van der Waals surface area contributed by atoms with Crippen LogP contribution in [0.25, 0.3) is 0 Å². The molecule has 4 nitrogen and oxygen atoms in total. The molecule has 1 aromatic rings. The van der Waals surface area contributed by atoms with Crippen LogP contribution in [-0.2, 0) is 16.6 Å². The molecule has 1 fully saturated rings. The minimum absolute atomic E-state index is 0.0464. The molecule has 114 valence electrons. The first-order valence-corrected chi connectivity index (χ1v) is 10.0. The molecule has 0 aliphatic carbocycles. The topological polar surface area (TPSA) is 58.2 Å². The number of hydrogen-bond acceptors (Lipinski definition) is 5. The summed E-state index contributed by atoms with van der Waals surface area (Å²) in [6.45, 7) is 5.22. The third-order valence-corrected chi connectivity index (χ3v) is 7.75. The summed E-state index contributed by atoms with van der Waals surface area (Å²) in [5, 5.41) is 3.05. The first-order valence-electron chi connectivity index (χ1n) is 6.74. The maximum Gasteiger partial charge on any atom is 0.241 e. The van der Waals surface area contributed by atoms with Crippen LogP contribution < -0.4 is 10.0 Å². The molecule has 1 aliphatic heterocycles. The molecule has 0 spiro atoms. The van der Waals surface area contributed by atoms with Crippen LogP contribution in [0.2, 0.25) is 0 Å². The van der Waals surface area contributed by atoms with E-state index in [4.69, 9.17) is 0 Å². The summed E-state index contributed by atoms with van der Waals surface area (Å²) in [6, 6.07) is 1.78. The van der Waals surface area contributed by atoms with Crippen LogP contribution in [-0.4, -0.2) is 32.5 Å². The highest BCUT2D eigenvalue weighted by Crippen LogP contribution is 2.37. The van der Waals surface area contributed by atoms with E-state index in [1.807, 2.05) is 25.7 Å². The van der Waals surface area contributed by atoms with Crippen LogP contribution >= 0.6 is 23.1 Å². The van der Waals surface area contributed by atoms with Gasteiger partial charge in [0.1, 0.15) is 0 Å². The zero-order valence-corrected chi connectivity index (χ0v) is 14.6. The molecule has 1 unspecified atom stereocenters. The van der Waals surface area contributed by atoms with Crippen LogP contribution in [0.1, 0.15) is 29.5 Å². The molecule has 7 heteroatoms. The Bertz CT molecular complexity index is 560. The van der Waals surface area contributed by atoms with Gasteiger partial charge in [-0.25, -0.2) is 13.1 Å². The van der Waals surface area contributed by atoms with E-state index >= 15 is 0 Å². The maximum atomic E-state index is 12.4. The van der Waals surface area contributed by atoms with Crippen LogP contribution in [0.5, 0.6) is 0 Å². The largest absolute Gasteiger partial charge is 0.315 e. The summed E-state index contributed by atoms with van der Waals surface area (Å²) >= 11 is 3.40. The van der Waals surface area contributed by atoms with Crippen molar-refractivity contribution in [3.8, 4) is 0 Å². The van der Waals surface area contributed by atoms with Gasteiger partial charge in [-0.2, -0.15) is 11.8 Å². The molecule has 0 saturated carbocycles. The van der Waals surface area contributed by atoms with E-state index in [2.05, 4.69) is 17.0 Å². The Hall–Kier alpha value is -0.0800. The Morgan fingerprint density at radius 1 is 1.45 bits per heavy atom. The molecule has 1 atom stereocenters. The number of sulfonamides is 1. The van der Waals surface area contributed by atoms with Crippen LogP contribution in [0.4, 0.5) is 0 Å². The summed E-state index contributed by atoms with van der Waals surface area (Å²) in [6.07, 6.45) is 2.25.